The van der Waals surface area contributed by atoms with Crippen LogP contribution in [0.2, 0.25) is 0 Å². The summed E-state index contributed by atoms with van der Waals surface area (Å²) in [6, 6.07) is 3.00. The Labute approximate surface area is 110 Å². The number of rotatable bonds is 2. The third-order valence-corrected chi connectivity index (χ3v) is 3.35. The quantitative estimate of drug-likeness (QED) is 0.835. The van der Waals surface area contributed by atoms with Gasteiger partial charge < -0.3 is 5.32 Å². The van der Waals surface area contributed by atoms with Gasteiger partial charge in [-0.25, -0.2) is 18.2 Å². The van der Waals surface area contributed by atoms with Gasteiger partial charge in [-0.3, -0.25) is 0 Å². The van der Waals surface area contributed by atoms with E-state index in [4.69, 9.17) is 0 Å². The molecule has 1 aromatic heterocycles. The number of aromatic nitrogens is 1. The Balaban J connectivity index is 2.40. The molecule has 6 heteroatoms. The zero-order valence-corrected chi connectivity index (χ0v) is 10.9. The van der Waals surface area contributed by atoms with E-state index in [1.165, 1.54) is 6.20 Å². The summed E-state index contributed by atoms with van der Waals surface area (Å²) in [5, 5.41) is 2.61. The molecule has 0 saturated heterocycles. The molecule has 0 unspecified atom stereocenters. The molecule has 18 heavy (non-hydrogen) atoms. The summed E-state index contributed by atoms with van der Waals surface area (Å²) in [5.41, 5.74) is 0.711. The first-order valence-electron chi connectivity index (χ1n) is 5.01. The molecule has 0 radical (unpaired) electrons. The Bertz CT molecular complexity index is 602. The lowest BCUT2D eigenvalue weighted by Gasteiger charge is -2.10. The van der Waals surface area contributed by atoms with E-state index in [2.05, 4.69) is 26.2 Å². The molecule has 0 fully saturated rings. The van der Waals surface area contributed by atoms with Gasteiger partial charge in [0.25, 0.3) is 0 Å². The Morgan fingerprint density at radius 1 is 1.11 bits per heavy atom. The lowest BCUT2D eigenvalue weighted by atomic mass is 10.2. The number of hydrogen-bond donors (Lipinski definition) is 1. The van der Waals surface area contributed by atoms with Crippen molar-refractivity contribution in [1.82, 2.24) is 4.98 Å². The van der Waals surface area contributed by atoms with Gasteiger partial charge in [-0.05, 0) is 34.5 Å². The summed E-state index contributed by atoms with van der Waals surface area (Å²) in [5.74, 6) is -2.90. The average Bonchev–Trinajstić information content (AvgIpc) is 2.32. The summed E-state index contributed by atoms with van der Waals surface area (Å²) in [4.78, 5) is 3.99. The van der Waals surface area contributed by atoms with Crippen LogP contribution < -0.4 is 5.32 Å². The molecule has 0 saturated carbocycles. The van der Waals surface area contributed by atoms with Crippen LogP contribution in [0.4, 0.5) is 24.7 Å². The lowest BCUT2D eigenvalue weighted by molar-refractivity contribution is 0.496. The van der Waals surface area contributed by atoms with Crippen LogP contribution in [0.3, 0.4) is 0 Å². The van der Waals surface area contributed by atoms with Crippen molar-refractivity contribution in [3.63, 3.8) is 0 Å². The largest absolute Gasteiger partial charge is 0.337 e. The van der Waals surface area contributed by atoms with E-state index in [0.717, 1.165) is 11.6 Å². The molecule has 0 aliphatic carbocycles. The number of aryl methyl sites for hydroxylation is 1. The smallest absolute Gasteiger partial charge is 0.161 e. The van der Waals surface area contributed by atoms with Gasteiger partial charge in [0.15, 0.2) is 11.6 Å². The van der Waals surface area contributed by atoms with E-state index >= 15 is 0 Å². The first kappa shape index (κ1) is 12.9. The van der Waals surface area contributed by atoms with E-state index < -0.39 is 17.5 Å². The van der Waals surface area contributed by atoms with Crippen LogP contribution in [-0.4, -0.2) is 4.98 Å². The number of nitrogens with one attached hydrogen (secondary N) is 1. The third kappa shape index (κ3) is 2.48. The second-order valence-corrected chi connectivity index (χ2v) is 4.45. The van der Waals surface area contributed by atoms with Crippen molar-refractivity contribution in [2.24, 2.45) is 0 Å². The second kappa shape index (κ2) is 4.97. The first-order chi connectivity index (χ1) is 8.49. The molecule has 2 nitrogen and oxygen atoms in total. The van der Waals surface area contributed by atoms with Gasteiger partial charge in [0.1, 0.15) is 11.6 Å². The number of hydrogen-bond acceptors (Lipinski definition) is 2. The van der Waals surface area contributed by atoms with E-state index in [-0.39, 0.29) is 5.69 Å². The summed E-state index contributed by atoms with van der Waals surface area (Å²) < 4.78 is 39.9. The van der Waals surface area contributed by atoms with Gasteiger partial charge in [-0.15, -0.1) is 0 Å². The first-order valence-corrected chi connectivity index (χ1v) is 5.81. The summed E-state index contributed by atoms with van der Waals surface area (Å²) in [6.07, 6.45) is 1.53. The lowest BCUT2D eigenvalue weighted by Crippen LogP contribution is -2.00. The fraction of sp³-hybridized carbons (Fsp3) is 0.0833. The zero-order chi connectivity index (χ0) is 13.3. The molecule has 0 atom stereocenters. The highest BCUT2D eigenvalue weighted by Gasteiger charge is 2.12. The molecule has 94 valence electrons. The zero-order valence-electron chi connectivity index (χ0n) is 9.27. The van der Waals surface area contributed by atoms with E-state index in [1.807, 2.05) is 6.92 Å². The van der Waals surface area contributed by atoms with E-state index in [0.29, 0.717) is 16.4 Å². The van der Waals surface area contributed by atoms with Crippen molar-refractivity contribution < 1.29 is 13.2 Å². The van der Waals surface area contributed by atoms with Crippen LogP contribution in [0.5, 0.6) is 0 Å². The van der Waals surface area contributed by atoms with Crippen LogP contribution in [0.15, 0.2) is 28.9 Å². The molecule has 0 amide bonds. The standard InChI is InChI=1S/C12H8BrF3N2/c1-6-2-3-17-12(11(6)13)18-10-5-8(15)7(14)4-9(10)16/h2-5H,1H3,(H,17,18). The minimum absolute atomic E-state index is 0.173. The minimum Gasteiger partial charge on any atom is -0.337 e. The van der Waals surface area contributed by atoms with Crippen LogP contribution >= 0.6 is 15.9 Å². The van der Waals surface area contributed by atoms with Gasteiger partial charge in [0.2, 0.25) is 0 Å². The molecule has 1 N–H and O–H groups in total. The molecule has 0 aliphatic heterocycles. The highest BCUT2D eigenvalue weighted by atomic mass is 79.9. The van der Waals surface area contributed by atoms with Crippen LogP contribution in [0, 0.1) is 24.4 Å². The minimum atomic E-state index is -1.23. The topological polar surface area (TPSA) is 24.9 Å². The predicted molar refractivity (Wildman–Crippen MR) is 66.3 cm³/mol. The van der Waals surface area contributed by atoms with Crippen LogP contribution in [0.1, 0.15) is 5.56 Å². The molecule has 2 aromatic rings. The number of halogens is 4. The van der Waals surface area contributed by atoms with Crippen molar-refractivity contribution in [3.05, 3.63) is 51.9 Å². The van der Waals surface area contributed by atoms with Crippen molar-refractivity contribution >= 4 is 27.4 Å². The number of benzene rings is 1. The monoisotopic (exact) mass is 316 g/mol. The van der Waals surface area contributed by atoms with Crippen molar-refractivity contribution in [3.8, 4) is 0 Å². The molecule has 0 aliphatic rings. The SMILES string of the molecule is Cc1ccnc(Nc2cc(F)c(F)cc2F)c1Br. The molecule has 0 spiro atoms. The highest BCUT2D eigenvalue weighted by molar-refractivity contribution is 9.10. The summed E-state index contributed by atoms with van der Waals surface area (Å²) in [6.45, 7) is 1.83. The van der Waals surface area contributed by atoms with Crippen LogP contribution in [0.25, 0.3) is 0 Å². The highest BCUT2D eigenvalue weighted by Crippen LogP contribution is 2.28. The van der Waals surface area contributed by atoms with Crippen molar-refractivity contribution in [2.75, 3.05) is 5.32 Å². The maximum Gasteiger partial charge on any atom is 0.161 e. The Kier molecular flexibility index (Phi) is 3.56. The molecule has 1 heterocycles. The van der Waals surface area contributed by atoms with Crippen molar-refractivity contribution in [2.45, 2.75) is 6.92 Å². The van der Waals surface area contributed by atoms with Gasteiger partial charge >= 0.3 is 0 Å². The van der Waals surface area contributed by atoms with Gasteiger partial charge in [0, 0.05) is 18.3 Å². The summed E-state index contributed by atoms with van der Waals surface area (Å²) in [7, 11) is 0. The average molecular weight is 317 g/mol. The third-order valence-electron chi connectivity index (χ3n) is 2.35. The maximum absolute atomic E-state index is 13.4. The Hall–Kier alpha value is -1.56. The number of nitrogens with zero attached hydrogens (tertiary/aromatic N) is 1. The van der Waals surface area contributed by atoms with Gasteiger partial charge in [-0.2, -0.15) is 0 Å². The maximum atomic E-state index is 13.4. The van der Waals surface area contributed by atoms with Crippen molar-refractivity contribution in [1.29, 1.82) is 0 Å². The normalized spacial score (nSPS) is 10.5. The number of anilines is 2. The Morgan fingerprint density at radius 3 is 2.50 bits per heavy atom. The summed E-state index contributed by atoms with van der Waals surface area (Å²) >= 11 is 3.28. The molecular formula is C12H8BrF3N2. The second-order valence-electron chi connectivity index (χ2n) is 3.66. The van der Waals surface area contributed by atoms with E-state index in [9.17, 15) is 13.2 Å². The molecule has 2 rings (SSSR count). The fourth-order valence-electron chi connectivity index (χ4n) is 1.37. The number of pyridine rings is 1. The van der Waals surface area contributed by atoms with Gasteiger partial charge in [-0.1, -0.05) is 0 Å². The predicted octanol–water partition coefficient (Wildman–Crippen LogP) is 4.31. The van der Waals surface area contributed by atoms with E-state index in [1.54, 1.807) is 6.07 Å². The Morgan fingerprint density at radius 2 is 1.78 bits per heavy atom. The van der Waals surface area contributed by atoms with Gasteiger partial charge in [0.05, 0.1) is 10.2 Å². The molecule has 1 aromatic carbocycles. The van der Waals surface area contributed by atoms with Crippen LogP contribution in [-0.2, 0) is 0 Å². The fourth-order valence-corrected chi connectivity index (χ4v) is 1.71. The molecular weight excluding hydrogens is 309 g/mol. The molecule has 0 bridgehead atoms.